The molecule has 0 aromatic heterocycles. The lowest BCUT2D eigenvalue weighted by Gasteiger charge is -2.38. The molecule has 0 spiro atoms. The predicted molar refractivity (Wildman–Crippen MR) is 77.9 cm³/mol. The quantitative estimate of drug-likeness (QED) is 0.812. The number of ether oxygens (including phenoxy) is 1. The lowest BCUT2D eigenvalue weighted by atomic mass is 9.99. The topological polar surface area (TPSA) is 44.8 Å². The van der Waals surface area contributed by atoms with E-state index >= 15 is 0 Å². The Kier molecular flexibility index (Phi) is 5.08. The van der Waals surface area contributed by atoms with E-state index in [1.165, 1.54) is 0 Å². The van der Waals surface area contributed by atoms with Crippen LogP contribution in [0.4, 0.5) is 4.39 Å². The van der Waals surface area contributed by atoms with Gasteiger partial charge in [0.15, 0.2) is 0 Å². The number of halogens is 1. The third-order valence-electron chi connectivity index (χ3n) is 4.92. The first-order chi connectivity index (χ1) is 10.2. The Hall–Kier alpha value is -0.720. The van der Waals surface area contributed by atoms with Crippen LogP contribution in [0, 0.1) is 5.92 Å². The molecule has 0 bridgehead atoms. The number of hydrogen-bond donors (Lipinski definition) is 1. The summed E-state index contributed by atoms with van der Waals surface area (Å²) in [6.45, 7) is 6.65. The van der Waals surface area contributed by atoms with Gasteiger partial charge in [0.2, 0.25) is 5.91 Å². The highest BCUT2D eigenvalue weighted by molar-refractivity contribution is 5.82. The highest BCUT2D eigenvalue weighted by Gasteiger charge is 2.33. The molecule has 3 heterocycles. The van der Waals surface area contributed by atoms with E-state index in [1.54, 1.807) is 0 Å². The molecule has 3 fully saturated rings. The van der Waals surface area contributed by atoms with Crippen LogP contribution < -0.4 is 5.32 Å². The van der Waals surface area contributed by atoms with Gasteiger partial charge in [-0.15, -0.1) is 0 Å². The summed E-state index contributed by atoms with van der Waals surface area (Å²) < 4.78 is 18.6. The molecular weight excluding hydrogens is 273 g/mol. The van der Waals surface area contributed by atoms with Gasteiger partial charge in [0.25, 0.3) is 0 Å². The van der Waals surface area contributed by atoms with Crippen molar-refractivity contribution in [3.8, 4) is 0 Å². The highest BCUT2D eigenvalue weighted by Crippen LogP contribution is 2.18. The van der Waals surface area contributed by atoms with Crippen LogP contribution in [0.5, 0.6) is 0 Å². The Morgan fingerprint density at radius 2 is 1.90 bits per heavy atom. The smallest absolute Gasteiger partial charge is 0.239 e. The summed E-state index contributed by atoms with van der Waals surface area (Å²) >= 11 is 0. The summed E-state index contributed by atoms with van der Waals surface area (Å²) in [7, 11) is 0. The van der Waals surface area contributed by atoms with Gasteiger partial charge in [0.05, 0.1) is 6.04 Å². The molecule has 1 amide bonds. The predicted octanol–water partition coefficient (Wildman–Crippen LogP) is 0.257. The Balaban J connectivity index is 1.41. The number of carbonyl (C=O) groups excluding carboxylic acids is 1. The molecule has 0 aliphatic carbocycles. The van der Waals surface area contributed by atoms with Crippen molar-refractivity contribution in [2.24, 2.45) is 5.92 Å². The van der Waals surface area contributed by atoms with E-state index in [9.17, 15) is 9.18 Å². The molecule has 120 valence electrons. The molecular formula is C15H26FN3O2. The molecule has 3 saturated heterocycles. The Bertz CT molecular complexity index is 355. The molecule has 0 unspecified atom stereocenters. The Morgan fingerprint density at radius 1 is 1.19 bits per heavy atom. The molecule has 3 aliphatic rings. The van der Waals surface area contributed by atoms with Crippen molar-refractivity contribution in [3.05, 3.63) is 0 Å². The molecule has 21 heavy (non-hydrogen) atoms. The molecule has 3 rings (SSSR count). The van der Waals surface area contributed by atoms with Crippen LogP contribution in [-0.4, -0.2) is 80.4 Å². The molecule has 6 heteroatoms. The summed E-state index contributed by atoms with van der Waals surface area (Å²) in [4.78, 5) is 16.7. The molecule has 0 radical (unpaired) electrons. The van der Waals surface area contributed by atoms with Crippen LogP contribution in [0.15, 0.2) is 0 Å². The second-order valence-electron chi connectivity index (χ2n) is 6.48. The van der Waals surface area contributed by atoms with Crippen molar-refractivity contribution < 1.29 is 13.9 Å². The minimum Gasteiger partial charge on any atom is -0.381 e. The first kappa shape index (κ1) is 15.2. The molecule has 0 aromatic carbocycles. The van der Waals surface area contributed by atoms with Gasteiger partial charge in [-0.2, -0.15) is 0 Å². The second-order valence-corrected chi connectivity index (χ2v) is 6.48. The average Bonchev–Trinajstić information content (AvgIpc) is 2.95. The van der Waals surface area contributed by atoms with E-state index in [0.29, 0.717) is 13.0 Å². The maximum Gasteiger partial charge on any atom is 0.239 e. The number of nitrogens with zero attached hydrogens (tertiary/aromatic N) is 2. The van der Waals surface area contributed by atoms with E-state index < -0.39 is 6.17 Å². The van der Waals surface area contributed by atoms with Crippen LogP contribution in [0.25, 0.3) is 0 Å². The fourth-order valence-electron chi connectivity index (χ4n) is 3.55. The molecule has 0 saturated carbocycles. The van der Waals surface area contributed by atoms with Gasteiger partial charge in [-0.05, 0) is 18.8 Å². The van der Waals surface area contributed by atoms with Crippen molar-refractivity contribution >= 4 is 5.91 Å². The van der Waals surface area contributed by atoms with Gasteiger partial charge >= 0.3 is 0 Å². The van der Waals surface area contributed by atoms with E-state index in [4.69, 9.17) is 4.74 Å². The number of carbonyl (C=O) groups is 1. The summed E-state index contributed by atoms with van der Waals surface area (Å²) in [6, 6.07) is -0.304. The zero-order valence-corrected chi connectivity index (χ0v) is 12.6. The van der Waals surface area contributed by atoms with Gasteiger partial charge in [-0.1, -0.05) is 0 Å². The van der Waals surface area contributed by atoms with Crippen molar-refractivity contribution in [3.63, 3.8) is 0 Å². The van der Waals surface area contributed by atoms with E-state index in [-0.39, 0.29) is 11.9 Å². The van der Waals surface area contributed by atoms with Gasteiger partial charge in [-0.3, -0.25) is 9.69 Å². The normalized spacial score (nSPS) is 32.5. The highest BCUT2D eigenvalue weighted by atomic mass is 19.1. The van der Waals surface area contributed by atoms with Crippen LogP contribution in [0.1, 0.15) is 19.3 Å². The fraction of sp³-hybridized carbons (Fsp3) is 0.933. The second kappa shape index (κ2) is 7.03. The van der Waals surface area contributed by atoms with Crippen LogP contribution >= 0.6 is 0 Å². The lowest BCUT2D eigenvalue weighted by molar-refractivity contribution is -0.135. The van der Waals surface area contributed by atoms with Crippen molar-refractivity contribution in [1.82, 2.24) is 15.1 Å². The number of hydrogen-bond acceptors (Lipinski definition) is 4. The number of rotatable bonds is 3. The van der Waals surface area contributed by atoms with Gasteiger partial charge in [0, 0.05) is 58.9 Å². The van der Waals surface area contributed by atoms with Gasteiger partial charge in [-0.25, -0.2) is 4.39 Å². The number of piperazine rings is 1. The Morgan fingerprint density at radius 3 is 2.52 bits per heavy atom. The number of amides is 1. The fourth-order valence-corrected chi connectivity index (χ4v) is 3.55. The first-order valence-corrected chi connectivity index (χ1v) is 8.18. The van der Waals surface area contributed by atoms with E-state index in [0.717, 1.165) is 64.7 Å². The SMILES string of the molecule is O=C([C@H]1C[C@H](F)CN1)N1CCN(CC2CCOCC2)CC1. The minimum absolute atomic E-state index is 0.0841. The summed E-state index contributed by atoms with van der Waals surface area (Å²) in [6.07, 6.45) is 1.78. The van der Waals surface area contributed by atoms with Crippen molar-refractivity contribution in [2.45, 2.75) is 31.5 Å². The molecule has 0 aromatic rings. The minimum atomic E-state index is -0.867. The first-order valence-electron chi connectivity index (χ1n) is 8.18. The van der Waals surface area contributed by atoms with Crippen molar-refractivity contribution in [1.29, 1.82) is 0 Å². The maximum absolute atomic E-state index is 13.2. The van der Waals surface area contributed by atoms with Gasteiger partial charge < -0.3 is 15.0 Å². The number of alkyl halides is 1. The summed E-state index contributed by atoms with van der Waals surface area (Å²) in [5.74, 6) is 0.825. The van der Waals surface area contributed by atoms with Crippen molar-refractivity contribution in [2.75, 3.05) is 52.5 Å². The molecule has 2 atom stereocenters. The zero-order valence-electron chi connectivity index (χ0n) is 12.6. The molecule has 5 nitrogen and oxygen atoms in total. The van der Waals surface area contributed by atoms with E-state index in [2.05, 4.69) is 10.2 Å². The lowest BCUT2D eigenvalue weighted by Crippen LogP contribution is -2.53. The molecule has 1 N–H and O–H groups in total. The summed E-state index contributed by atoms with van der Waals surface area (Å²) in [5, 5.41) is 2.99. The largest absolute Gasteiger partial charge is 0.381 e. The Labute approximate surface area is 125 Å². The third kappa shape index (κ3) is 3.93. The average molecular weight is 299 g/mol. The monoisotopic (exact) mass is 299 g/mol. The zero-order chi connectivity index (χ0) is 14.7. The van der Waals surface area contributed by atoms with Gasteiger partial charge in [0.1, 0.15) is 6.17 Å². The van der Waals surface area contributed by atoms with Crippen LogP contribution in [0.3, 0.4) is 0 Å². The maximum atomic E-state index is 13.2. The molecule has 3 aliphatic heterocycles. The number of nitrogens with one attached hydrogen (secondary N) is 1. The standard InChI is InChI=1S/C15H26FN3O2/c16-13-9-14(17-10-13)15(20)19-5-3-18(4-6-19)11-12-1-7-21-8-2-12/h12-14,17H,1-11H2/t13-,14+/m0/s1. The third-order valence-corrected chi connectivity index (χ3v) is 4.92. The van der Waals surface area contributed by atoms with Crippen LogP contribution in [0.2, 0.25) is 0 Å². The van der Waals surface area contributed by atoms with E-state index in [1.807, 2.05) is 4.90 Å². The van der Waals surface area contributed by atoms with Crippen LogP contribution in [-0.2, 0) is 9.53 Å². The summed E-state index contributed by atoms with van der Waals surface area (Å²) in [5.41, 5.74) is 0.